The van der Waals surface area contributed by atoms with Gasteiger partial charge in [-0.1, -0.05) is 45.9 Å². The van der Waals surface area contributed by atoms with E-state index in [0.29, 0.717) is 12.3 Å². The highest BCUT2D eigenvalue weighted by molar-refractivity contribution is 5.80. The first-order valence-corrected chi connectivity index (χ1v) is 8.65. The summed E-state index contributed by atoms with van der Waals surface area (Å²) in [6.07, 6.45) is 1.55. The zero-order valence-corrected chi connectivity index (χ0v) is 15.4. The molecule has 0 aliphatic rings. The minimum atomic E-state index is -0.323. The molecule has 2 amide bonds. The normalized spacial score (nSPS) is 14.4. The van der Waals surface area contributed by atoms with Crippen molar-refractivity contribution in [3.05, 3.63) is 29.8 Å². The lowest BCUT2D eigenvalue weighted by atomic mass is 10.0. The highest BCUT2D eigenvalue weighted by atomic mass is 16.5. The van der Waals surface area contributed by atoms with E-state index in [9.17, 15) is 9.59 Å². The van der Waals surface area contributed by atoms with Gasteiger partial charge in [-0.25, -0.2) is 0 Å². The zero-order chi connectivity index (χ0) is 18.1. The summed E-state index contributed by atoms with van der Waals surface area (Å²) in [5.41, 5.74) is 0.862. The molecule has 0 aliphatic heterocycles. The molecule has 0 saturated carbocycles. The molecule has 1 aromatic rings. The number of carbonyl (C=O) groups is 2. The van der Waals surface area contributed by atoms with Crippen molar-refractivity contribution in [2.45, 2.75) is 46.6 Å². The quantitative estimate of drug-likeness (QED) is 0.729. The summed E-state index contributed by atoms with van der Waals surface area (Å²) in [6.45, 7) is 8.09. The Morgan fingerprint density at radius 1 is 1.04 bits per heavy atom. The van der Waals surface area contributed by atoms with Crippen LogP contribution in [0.15, 0.2) is 24.3 Å². The van der Waals surface area contributed by atoms with Gasteiger partial charge in [0.25, 0.3) is 0 Å². The van der Waals surface area contributed by atoms with Gasteiger partial charge in [-0.2, -0.15) is 0 Å². The SMILES string of the molecule is CC[C@H](C)C(=O)NC[C@@H](NC(=O)[C@@H](C)CC)c1ccccc1OC. The summed E-state index contributed by atoms with van der Waals surface area (Å²) < 4.78 is 5.41. The minimum Gasteiger partial charge on any atom is -0.496 e. The van der Waals surface area contributed by atoms with Gasteiger partial charge < -0.3 is 15.4 Å². The summed E-state index contributed by atoms with van der Waals surface area (Å²) in [6, 6.07) is 7.23. The van der Waals surface area contributed by atoms with Gasteiger partial charge in [0.1, 0.15) is 5.75 Å². The van der Waals surface area contributed by atoms with Gasteiger partial charge in [0.2, 0.25) is 11.8 Å². The second-order valence-corrected chi connectivity index (χ2v) is 6.17. The molecule has 1 aromatic carbocycles. The van der Waals surface area contributed by atoms with E-state index in [1.54, 1.807) is 7.11 Å². The van der Waals surface area contributed by atoms with Crippen LogP contribution in [-0.2, 0) is 9.59 Å². The number of hydrogen-bond acceptors (Lipinski definition) is 3. The molecule has 5 nitrogen and oxygen atoms in total. The fraction of sp³-hybridized carbons (Fsp3) is 0.579. The average Bonchev–Trinajstić information content (AvgIpc) is 2.62. The monoisotopic (exact) mass is 334 g/mol. The van der Waals surface area contributed by atoms with Crippen LogP contribution >= 0.6 is 0 Å². The number of nitrogens with one attached hydrogen (secondary N) is 2. The molecule has 0 aliphatic carbocycles. The largest absolute Gasteiger partial charge is 0.496 e. The van der Waals surface area contributed by atoms with E-state index in [0.717, 1.165) is 18.4 Å². The molecular formula is C19H30N2O3. The minimum absolute atomic E-state index is 0.00446. The second kappa shape index (κ2) is 9.96. The molecule has 134 valence electrons. The molecule has 5 heteroatoms. The lowest BCUT2D eigenvalue weighted by Crippen LogP contribution is -2.41. The van der Waals surface area contributed by atoms with Crippen LogP contribution in [-0.4, -0.2) is 25.5 Å². The number of ether oxygens (including phenoxy) is 1. The van der Waals surface area contributed by atoms with Crippen molar-refractivity contribution in [2.75, 3.05) is 13.7 Å². The van der Waals surface area contributed by atoms with Crippen LogP contribution in [0.1, 0.15) is 52.1 Å². The maximum absolute atomic E-state index is 12.3. The fourth-order valence-electron chi connectivity index (χ4n) is 2.25. The van der Waals surface area contributed by atoms with Gasteiger partial charge in [0, 0.05) is 23.9 Å². The number of para-hydroxylation sites is 1. The fourth-order valence-corrected chi connectivity index (χ4v) is 2.25. The van der Waals surface area contributed by atoms with E-state index >= 15 is 0 Å². The van der Waals surface area contributed by atoms with E-state index in [1.165, 1.54) is 0 Å². The first kappa shape index (κ1) is 20.0. The van der Waals surface area contributed by atoms with Gasteiger partial charge in [-0.15, -0.1) is 0 Å². The van der Waals surface area contributed by atoms with Crippen LogP contribution in [0.25, 0.3) is 0 Å². The Morgan fingerprint density at radius 3 is 2.21 bits per heavy atom. The van der Waals surface area contributed by atoms with Crippen LogP contribution in [0.5, 0.6) is 5.75 Å². The lowest BCUT2D eigenvalue weighted by molar-refractivity contribution is -0.127. The van der Waals surface area contributed by atoms with Crippen molar-refractivity contribution >= 4 is 11.8 Å². The molecule has 0 fully saturated rings. The van der Waals surface area contributed by atoms with E-state index in [1.807, 2.05) is 52.0 Å². The number of amides is 2. The van der Waals surface area contributed by atoms with E-state index in [4.69, 9.17) is 4.74 Å². The Bertz CT molecular complexity index is 545. The van der Waals surface area contributed by atoms with Crippen molar-refractivity contribution in [1.82, 2.24) is 10.6 Å². The molecular weight excluding hydrogens is 304 g/mol. The molecule has 0 unspecified atom stereocenters. The Kier molecular flexibility index (Phi) is 8.30. The third-order valence-electron chi connectivity index (χ3n) is 4.43. The molecule has 2 N–H and O–H groups in total. The number of carbonyl (C=O) groups excluding carboxylic acids is 2. The number of methoxy groups -OCH3 is 1. The molecule has 24 heavy (non-hydrogen) atoms. The third-order valence-corrected chi connectivity index (χ3v) is 4.43. The molecule has 0 radical (unpaired) electrons. The van der Waals surface area contributed by atoms with Crippen LogP contribution in [0.2, 0.25) is 0 Å². The molecule has 1 rings (SSSR count). The maximum Gasteiger partial charge on any atom is 0.223 e. The van der Waals surface area contributed by atoms with Crippen LogP contribution in [0, 0.1) is 11.8 Å². The summed E-state index contributed by atoms with van der Waals surface area (Å²) in [4.78, 5) is 24.4. The maximum atomic E-state index is 12.3. The second-order valence-electron chi connectivity index (χ2n) is 6.17. The third kappa shape index (κ3) is 5.55. The smallest absolute Gasteiger partial charge is 0.223 e. The van der Waals surface area contributed by atoms with Gasteiger partial charge in [0.05, 0.1) is 13.2 Å². The van der Waals surface area contributed by atoms with E-state index < -0.39 is 0 Å². The van der Waals surface area contributed by atoms with Crippen LogP contribution in [0.4, 0.5) is 0 Å². The topological polar surface area (TPSA) is 67.4 Å². The summed E-state index contributed by atoms with van der Waals surface area (Å²) in [5.74, 6) is 0.548. The Labute approximate surface area is 145 Å². The van der Waals surface area contributed by atoms with Crippen LogP contribution in [0.3, 0.4) is 0 Å². The van der Waals surface area contributed by atoms with Gasteiger partial charge >= 0.3 is 0 Å². The molecule has 0 saturated heterocycles. The Hall–Kier alpha value is -2.04. The summed E-state index contributed by atoms with van der Waals surface area (Å²) in [5, 5.41) is 5.97. The zero-order valence-electron chi connectivity index (χ0n) is 15.4. The highest BCUT2D eigenvalue weighted by Crippen LogP contribution is 2.25. The summed E-state index contributed by atoms with van der Waals surface area (Å²) >= 11 is 0. The average molecular weight is 334 g/mol. The molecule has 0 aromatic heterocycles. The van der Waals surface area contributed by atoms with Gasteiger partial charge in [0.15, 0.2) is 0 Å². The predicted octanol–water partition coefficient (Wildman–Crippen LogP) is 3.06. The number of hydrogen-bond donors (Lipinski definition) is 2. The van der Waals surface area contributed by atoms with Gasteiger partial charge in [-0.05, 0) is 18.9 Å². The highest BCUT2D eigenvalue weighted by Gasteiger charge is 2.22. The number of rotatable bonds is 9. The molecule has 0 bridgehead atoms. The standard InChI is InChI=1S/C19H30N2O3/c1-6-13(3)18(22)20-12-16(21-19(23)14(4)7-2)15-10-8-9-11-17(15)24-5/h8-11,13-14,16H,6-7,12H2,1-5H3,(H,20,22)(H,21,23)/t13-,14-,16+/m0/s1. The van der Waals surface area contributed by atoms with E-state index in [2.05, 4.69) is 10.6 Å². The summed E-state index contributed by atoms with van der Waals surface area (Å²) in [7, 11) is 1.60. The molecule has 0 spiro atoms. The van der Waals surface area contributed by atoms with Crippen molar-refractivity contribution in [1.29, 1.82) is 0 Å². The molecule has 3 atom stereocenters. The van der Waals surface area contributed by atoms with Crippen molar-refractivity contribution in [3.8, 4) is 5.75 Å². The van der Waals surface area contributed by atoms with Crippen molar-refractivity contribution in [3.63, 3.8) is 0 Å². The first-order chi connectivity index (χ1) is 11.4. The van der Waals surface area contributed by atoms with Gasteiger partial charge in [-0.3, -0.25) is 9.59 Å². The first-order valence-electron chi connectivity index (χ1n) is 8.65. The van der Waals surface area contributed by atoms with Crippen molar-refractivity contribution < 1.29 is 14.3 Å². The van der Waals surface area contributed by atoms with Crippen molar-refractivity contribution in [2.24, 2.45) is 11.8 Å². The Balaban J connectivity index is 2.94. The predicted molar refractivity (Wildman–Crippen MR) is 95.8 cm³/mol. The Morgan fingerprint density at radius 2 is 1.62 bits per heavy atom. The molecule has 0 heterocycles. The van der Waals surface area contributed by atoms with Crippen LogP contribution < -0.4 is 15.4 Å². The van der Waals surface area contributed by atoms with E-state index in [-0.39, 0.29) is 29.7 Å². The lowest BCUT2D eigenvalue weighted by Gasteiger charge is -2.24. The number of benzene rings is 1.